The van der Waals surface area contributed by atoms with Crippen LogP contribution >= 0.6 is 0 Å². The van der Waals surface area contributed by atoms with Crippen LogP contribution in [0.15, 0.2) is 30.3 Å². The Morgan fingerprint density at radius 1 is 1.33 bits per heavy atom. The van der Waals surface area contributed by atoms with E-state index < -0.39 is 29.6 Å². The highest BCUT2D eigenvalue weighted by Gasteiger charge is 2.32. The molecule has 1 aromatic carbocycles. The summed E-state index contributed by atoms with van der Waals surface area (Å²) in [5.41, 5.74) is 8.70. The maximum Gasteiger partial charge on any atom is 0.429 e. The average molecular weight is 376 g/mol. The van der Waals surface area contributed by atoms with Crippen LogP contribution in [0, 0.1) is 5.92 Å². The number of benzene rings is 1. The van der Waals surface area contributed by atoms with Gasteiger partial charge in [-0.05, 0) is 39.2 Å². The van der Waals surface area contributed by atoms with Crippen LogP contribution in [-0.4, -0.2) is 47.6 Å². The number of carbonyl (C=O) groups excluding carboxylic acids is 3. The Bertz CT molecular complexity index is 672. The summed E-state index contributed by atoms with van der Waals surface area (Å²) < 4.78 is 5.34. The summed E-state index contributed by atoms with van der Waals surface area (Å²) in [6, 6.07) is 8.53. The molecule has 0 spiro atoms. The van der Waals surface area contributed by atoms with E-state index in [1.165, 1.54) is 0 Å². The molecule has 0 aromatic heterocycles. The number of hydrogen-bond acceptors (Lipinski definition) is 5. The number of hydrazine groups is 1. The molecule has 1 fully saturated rings. The second kappa shape index (κ2) is 8.85. The molecule has 2 atom stereocenters. The normalized spacial score (nSPS) is 17.8. The summed E-state index contributed by atoms with van der Waals surface area (Å²) in [5.74, 6) is -1.06. The molecule has 148 valence electrons. The first-order chi connectivity index (χ1) is 12.7. The van der Waals surface area contributed by atoms with Gasteiger partial charge in [-0.2, -0.15) is 0 Å². The molecule has 8 heteroatoms. The molecule has 1 aromatic rings. The van der Waals surface area contributed by atoms with Gasteiger partial charge in [-0.15, -0.1) is 0 Å². The fraction of sp³-hybridized carbons (Fsp3) is 0.526. The third kappa shape index (κ3) is 6.56. The van der Waals surface area contributed by atoms with Gasteiger partial charge in [0.1, 0.15) is 5.60 Å². The summed E-state index contributed by atoms with van der Waals surface area (Å²) in [6.07, 6.45) is 0.200. The second-order valence-electron chi connectivity index (χ2n) is 7.64. The lowest BCUT2D eigenvalue weighted by Crippen LogP contribution is -2.55. The first kappa shape index (κ1) is 20.7. The van der Waals surface area contributed by atoms with Gasteiger partial charge >= 0.3 is 6.09 Å². The third-order valence-electron chi connectivity index (χ3n) is 4.06. The van der Waals surface area contributed by atoms with Crippen molar-refractivity contribution in [2.24, 2.45) is 11.7 Å². The predicted octanol–water partition coefficient (Wildman–Crippen LogP) is 0.961. The summed E-state index contributed by atoms with van der Waals surface area (Å²) in [5, 5.41) is 3.77. The zero-order valence-corrected chi connectivity index (χ0v) is 16.0. The van der Waals surface area contributed by atoms with E-state index in [1.807, 2.05) is 30.3 Å². The van der Waals surface area contributed by atoms with Crippen LogP contribution in [0.5, 0.6) is 0 Å². The molecule has 3 amide bonds. The molecular formula is C19H28N4O4. The number of hydrogen-bond donors (Lipinski definition) is 3. The number of nitrogens with two attached hydrogens (primary N) is 1. The Morgan fingerprint density at radius 3 is 2.56 bits per heavy atom. The minimum Gasteiger partial charge on any atom is -0.442 e. The molecule has 0 saturated carbocycles. The number of ether oxygens (including phenoxy) is 1. The first-order valence-corrected chi connectivity index (χ1v) is 9.04. The first-order valence-electron chi connectivity index (χ1n) is 9.04. The Hall–Kier alpha value is -2.61. The van der Waals surface area contributed by atoms with Crippen molar-refractivity contribution in [3.05, 3.63) is 35.9 Å². The molecule has 0 unspecified atom stereocenters. The minimum absolute atomic E-state index is 0.0323. The van der Waals surface area contributed by atoms with Gasteiger partial charge in [-0.3, -0.25) is 15.0 Å². The smallest absolute Gasteiger partial charge is 0.429 e. The molecule has 1 aliphatic rings. The van der Waals surface area contributed by atoms with Gasteiger partial charge in [0.15, 0.2) is 0 Å². The maximum atomic E-state index is 12.5. The van der Waals surface area contributed by atoms with Crippen LogP contribution in [0.25, 0.3) is 0 Å². The lowest BCUT2D eigenvalue weighted by Gasteiger charge is -2.29. The predicted molar refractivity (Wildman–Crippen MR) is 100 cm³/mol. The molecule has 0 bridgehead atoms. The SMILES string of the molecule is CC(C)(C)OC(=O)N(C[C@H]1CCNC1=O)NC(=O)[C@@H](N)Cc1ccccc1. The van der Waals surface area contributed by atoms with Gasteiger partial charge < -0.3 is 15.8 Å². The summed E-state index contributed by atoms with van der Waals surface area (Å²) in [7, 11) is 0. The van der Waals surface area contributed by atoms with Crippen molar-refractivity contribution in [3.63, 3.8) is 0 Å². The molecular weight excluding hydrogens is 348 g/mol. The second-order valence-corrected chi connectivity index (χ2v) is 7.64. The van der Waals surface area contributed by atoms with Gasteiger partial charge in [0.05, 0.1) is 18.5 Å². The maximum absolute atomic E-state index is 12.5. The Labute approximate surface area is 159 Å². The number of nitrogens with one attached hydrogen (secondary N) is 2. The molecule has 1 aliphatic heterocycles. The quantitative estimate of drug-likeness (QED) is 0.663. The highest BCUT2D eigenvalue weighted by Crippen LogP contribution is 2.14. The van der Waals surface area contributed by atoms with Crippen LogP contribution in [0.3, 0.4) is 0 Å². The number of rotatable bonds is 5. The number of carbonyl (C=O) groups is 3. The molecule has 0 aliphatic carbocycles. The largest absolute Gasteiger partial charge is 0.442 e. The molecule has 1 heterocycles. The number of nitrogens with zero attached hydrogens (tertiary/aromatic N) is 1. The molecule has 2 rings (SSSR count). The zero-order valence-electron chi connectivity index (χ0n) is 16.0. The fourth-order valence-corrected chi connectivity index (χ4v) is 2.70. The van der Waals surface area contributed by atoms with Crippen molar-refractivity contribution in [1.29, 1.82) is 0 Å². The van der Waals surface area contributed by atoms with E-state index in [-0.39, 0.29) is 12.5 Å². The van der Waals surface area contributed by atoms with Crippen LogP contribution in [0.2, 0.25) is 0 Å². The van der Waals surface area contributed by atoms with Crippen molar-refractivity contribution >= 4 is 17.9 Å². The van der Waals surface area contributed by atoms with E-state index in [1.54, 1.807) is 20.8 Å². The van der Waals surface area contributed by atoms with Crippen LogP contribution < -0.4 is 16.5 Å². The Kier molecular flexibility index (Phi) is 6.79. The van der Waals surface area contributed by atoms with Gasteiger partial charge in [0.2, 0.25) is 5.91 Å². The van der Waals surface area contributed by atoms with Crippen molar-refractivity contribution in [2.45, 2.75) is 45.3 Å². The summed E-state index contributed by atoms with van der Waals surface area (Å²) in [4.78, 5) is 36.8. The van der Waals surface area contributed by atoms with Crippen molar-refractivity contribution in [3.8, 4) is 0 Å². The molecule has 4 N–H and O–H groups in total. The third-order valence-corrected chi connectivity index (χ3v) is 4.06. The van der Waals surface area contributed by atoms with E-state index in [0.717, 1.165) is 10.6 Å². The van der Waals surface area contributed by atoms with Gasteiger partial charge in [0.25, 0.3) is 5.91 Å². The van der Waals surface area contributed by atoms with E-state index in [9.17, 15) is 14.4 Å². The zero-order chi connectivity index (χ0) is 20.0. The van der Waals surface area contributed by atoms with E-state index in [2.05, 4.69) is 10.7 Å². The highest BCUT2D eigenvalue weighted by molar-refractivity contribution is 5.85. The highest BCUT2D eigenvalue weighted by atomic mass is 16.6. The van der Waals surface area contributed by atoms with Gasteiger partial charge in [-0.25, -0.2) is 9.80 Å². The Balaban J connectivity index is 2.03. The minimum atomic E-state index is -0.838. The van der Waals surface area contributed by atoms with Crippen LogP contribution in [0.1, 0.15) is 32.8 Å². The van der Waals surface area contributed by atoms with E-state index >= 15 is 0 Å². The lowest BCUT2D eigenvalue weighted by atomic mass is 10.1. The summed E-state index contributed by atoms with van der Waals surface area (Å²) >= 11 is 0. The van der Waals surface area contributed by atoms with E-state index in [4.69, 9.17) is 10.5 Å². The Morgan fingerprint density at radius 2 is 2.00 bits per heavy atom. The lowest BCUT2D eigenvalue weighted by molar-refractivity contribution is -0.129. The van der Waals surface area contributed by atoms with Gasteiger partial charge in [-0.1, -0.05) is 30.3 Å². The van der Waals surface area contributed by atoms with Crippen molar-refractivity contribution in [2.75, 3.05) is 13.1 Å². The molecule has 8 nitrogen and oxygen atoms in total. The molecule has 1 saturated heterocycles. The van der Waals surface area contributed by atoms with Crippen LogP contribution in [-0.2, 0) is 20.7 Å². The van der Waals surface area contributed by atoms with Crippen molar-refractivity contribution < 1.29 is 19.1 Å². The number of amides is 3. The van der Waals surface area contributed by atoms with Gasteiger partial charge in [0, 0.05) is 6.54 Å². The molecule has 27 heavy (non-hydrogen) atoms. The van der Waals surface area contributed by atoms with Crippen molar-refractivity contribution in [1.82, 2.24) is 15.8 Å². The monoisotopic (exact) mass is 376 g/mol. The summed E-state index contributed by atoms with van der Waals surface area (Å²) in [6.45, 7) is 5.77. The van der Waals surface area contributed by atoms with Crippen LogP contribution in [0.4, 0.5) is 4.79 Å². The van der Waals surface area contributed by atoms with E-state index in [0.29, 0.717) is 19.4 Å². The molecule has 0 radical (unpaired) electrons. The average Bonchev–Trinajstić information content (AvgIpc) is 2.98. The fourth-order valence-electron chi connectivity index (χ4n) is 2.70. The standard InChI is InChI=1S/C19H28N4O4/c1-19(2,3)27-18(26)23(12-14-9-10-21-16(14)24)22-17(25)15(20)11-13-7-5-4-6-8-13/h4-8,14-15H,9-12,20H2,1-3H3,(H,21,24)(H,22,25)/t14-,15+/m1/s1. The topological polar surface area (TPSA) is 114 Å².